The van der Waals surface area contributed by atoms with Gasteiger partial charge in [-0.05, 0) is 10.9 Å². The Kier molecular flexibility index (Phi) is 4.69. The summed E-state index contributed by atoms with van der Waals surface area (Å²) in [6, 6.07) is 0. The number of carbonyl (C=O) groups excluding carboxylic acids is 1. The highest BCUT2D eigenvalue weighted by molar-refractivity contribution is 7.96. The Morgan fingerprint density at radius 3 is 2.67 bits per heavy atom. The van der Waals surface area contributed by atoms with Gasteiger partial charge in [0, 0.05) is 6.42 Å². The smallest absolute Gasteiger partial charge is 0.137 e. The first-order chi connectivity index (χ1) is 5.83. The molecular formula is C9H17O2S+. The van der Waals surface area contributed by atoms with Crippen LogP contribution >= 0.6 is 0 Å². The number of hydrogen-bond acceptors (Lipinski definition) is 2. The molecule has 70 valence electrons. The molecule has 0 saturated carbocycles. The van der Waals surface area contributed by atoms with E-state index in [2.05, 4.69) is 0 Å². The van der Waals surface area contributed by atoms with Crippen molar-refractivity contribution in [3.05, 3.63) is 0 Å². The highest BCUT2D eigenvalue weighted by Crippen LogP contribution is 2.06. The van der Waals surface area contributed by atoms with Crippen LogP contribution in [0.5, 0.6) is 0 Å². The number of ether oxygens (including phenoxy) is 1. The topological polar surface area (TPSA) is 26.3 Å². The molecule has 0 aromatic heterocycles. The maximum atomic E-state index is 11.0. The van der Waals surface area contributed by atoms with Crippen molar-refractivity contribution in [3.8, 4) is 0 Å². The van der Waals surface area contributed by atoms with Gasteiger partial charge in [-0.2, -0.15) is 0 Å². The molecule has 2 nitrogen and oxygen atoms in total. The number of Topliss-reactive ketones (excluding diaryl/α,β-unsaturated/α-hetero) is 1. The zero-order valence-electron chi connectivity index (χ0n) is 7.67. The molecule has 0 aromatic carbocycles. The lowest BCUT2D eigenvalue weighted by Gasteiger charge is -2.13. The molecule has 0 unspecified atom stereocenters. The monoisotopic (exact) mass is 189 g/mol. The summed E-state index contributed by atoms with van der Waals surface area (Å²) >= 11 is 0. The number of carbonyl (C=O) groups is 1. The molecule has 1 aliphatic rings. The fourth-order valence-electron chi connectivity index (χ4n) is 1.20. The fourth-order valence-corrected chi connectivity index (χ4v) is 3.03. The van der Waals surface area contributed by atoms with E-state index in [1.54, 1.807) is 0 Å². The normalized spacial score (nSPS) is 19.4. The Morgan fingerprint density at radius 1 is 1.42 bits per heavy atom. The van der Waals surface area contributed by atoms with Crippen LogP contribution in [-0.4, -0.2) is 36.3 Å². The minimum atomic E-state index is 0.411. The highest BCUT2D eigenvalue weighted by Gasteiger charge is 2.22. The largest absolute Gasteiger partial charge is 0.372 e. The second-order valence-corrected chi connectivity index (χ2v) is 5.43. The maximum Gasteiger partial charge on any atom is 0.137 e. The predicted molar refractivity (Wildman–Crippen MR) is 52.7 cm³/mol. The molecule has 0 bridgehead atoms. The standard InChI is InChI=1S/C9H17O2S/c1-2-9(10)3-6-12-7-4-11-5-8-12/h2-8H2,1H3/q+1. The number of hydrogen-bond donors (Lipinski definition) is 0. The highest BCUT2D eigenvalue weighted by atomic mass is 32.2. The van der Waals surface area contributed by atoms with E-state index in [1.165, 1.54) is 11.5 Å². The first-order valence-electron chi connectivity index (χ1n) is 4.56. The lowest BCUT2D eigenvalue weighted by atomic mass is 10.2. The van der Waals surface area contributed by atoms with Gasteiger partial charge in [0.25, 0.3) is 0 Å². The van der Waals surface area contributed by atoms with Gasteiger partial charge in [0.1, 0.15) is 23.0 Å². The minimum absolute atomic E-state index is 0.411. The van der Waals surface area contributed by atoms with Gasteiger partial charge in [0.05, 0.1) is 19.6 Å². The fraction of sp³-hybridized carbons (Fsp3) is 0.889. The molecular weight excluding hydrogens is 172 g/mol. The first kappa shape index (κ1) is 10.1. The lowest BCUT2D eigenvalue weighted by molar-refractivity contribution is -0.118. The van der Waals surface area contributed by atoms with E-state index in [1.807, 2.05) is 6.92 Å². The van der Waals surface area contributed by atoms with E-state index in [0.29, 0.717) is 23.1 Å². The zero-order valence-corrected chi connectivity index (χ0v) is 8.49. The number of ketones is 1. The van der Waals surface area contributed by atoms with Crippen molar-refractivity contribution in [1.29, 1.82) is 0 Å². The Labute approximate surface area is 77.0 Å². The summed E-state index contributed by atoms with van der Waals surface area (Å²) in [5, 5.41) is 0. The molecule has 0 spiro atoms. The summed E-state index contributed by atoms with van der Waals surface area (Å²) in [7, 11) is 0.487. The van der Waals surface area contributed by atoms with Crippen molar-refractivity contribution in [1.82, 2.24) is 0 Å². The molecule has 0 amide bonds. The van der Waals surface area contributed by atoms with Crippen LogP contribution in [0.1, 0.15) is 19.8 Å². The predicted octanol–water partition coefficient (Wildman–Crippen LogP) is 1.00. The summed E-state index contributed by atoms with van der Waals surface area (Å²) in [6.07, 6.45) is 1.49. The van der Waals surface area contributed by atoms with Crippen molar-refractivity contribution in [2.24, 2.45) is 0 Å². The van der Waals surface area contributed by atoms with Gasteiger partial charge in [-0.25, -0.2) is 0 Å². The van der Waals surface area contributed by atoms with Crippen molar-refractivity contribution in [3.63, 3.8) is 0 Å². The van der Waals surface area contributed by atoms with Crippen LogP contribution in [0.25, 0.3) is 0 Å². The van der Waals surface area contributed by atoms with Gasteiger partial charge in [-0.1, -0.05) is 6.92 Å². The Balaban J connectivity index is 2.09. The summed E-state index contributed by atoms with van der Waals surface area (Å²) in [5.74, 6) is 3.87. The van der Waals surface area contributed by atoms with Crippen molar-refractivity contribution >= 4 is 16.7 Å². The van der Waals surface area contributed by atoms with Crippen LogP contribution in [0.3, 0.4) is 0 Å². The van der Waals surface area contributed by atoms with E-state index in [-0.39, 0.29) is 0 Å². The van der Waals surface area contributed by atoms with E-state index < -0.39 is 0 Å². The summed E-state index contributed by atoms with van der Waals surface area (Å²) in [5.41, 5.74) is 0. The van der Waals surface area contributed by atoms with E-state index in [9.17, 15) is 4.79 Å². The van der Waals surface area contributed by atoms with Crippen LogP contribution in [0.2, 0.25) is 0 Å². The van der Waals surface area contributed by atoms with Gasteiger partial charge in [0.2, 0.25) is 0 Å². The van der Waals surface area contributed by atoms with Gasteiger partial charge in [-0.3, -0.25) is 4.79 Å². The summed E-state index contributed by atoms with van der Waals surface area (Å²) in [6.45, 7) is 3.75. The van der Waals surface area contributed by atoms with Crippen LogP contribution < -0.4 is 0 Å². The molecule has 1 fully saturated rings. The number of rotatable bonds is 4. The van der Waals surface area contributed by atoms with Crippen molar-refractivity contribution in [2.75, 3.05) is 30.5 Å². The zero-order chi connectivity index (χ0) is 8.81. The molecule has 0 N–H and O–H groups in total. The molecule has 1 saturated heterocycles. The molecule has 0 aliphatic carbocycles. The average molecular weight is 189 g/mol. The molecule has 0 atom stereocenters. The Morgan fingerprint density at radius 2 is 2.08 bits per heavy atom. The third kappa shape index (κ3) is 3.59. The molecule has 0 radical (unpaired) electrons. The molecule has 1 rings (SSSR count). The molecule has 12 heavy (non-hydrogen) atoms. The second-order valence-electron chi connectivity index (χ2n) is 2.98. The van der Waals surface area contributed by atoms with Crippen LogP contribution in [0.4, 0.5) is 0 Å². The molecule has 3 heteroatoms. The average Bonchev–Trinajstić information content (AvgIpc) is 2.16. The SMILES string of the molecule is CCC(=O)CC[S+]1CCOCC1. The minimum Gasteiger partial charge on any atom is -0.372 e. The quantitative estimate of drug-likeness (QED) is 0.617. The van der Waals surface area contributed by atoms with E-state index in [0.717, 1.165) is 25.4 Å². The van der Waals surface area contributed by atoms with Crippen LogP contribution in [0, 0.1) is 0 Å². The second kappa shape index (κ2) is 5.60. The Bertz CT molecular complexity index is 141. The van der Waals surface area contributed by atoms with Crippen LogP contribution in [0.15, 0.2) is 0 Å². The van der Waals surface area contributed by atoms with Gasteiger partial charge in [0.15, 0.2) is 0 Å². The third-order valence-electron chi connectivity index (χ3n) is 2.10. The first-order valence-corrected chi connectivity index (χ1v) is 6.29. The van der Waals surface area contributed by atoms with Gasteiger partial charge < -0.3 is 4.74 Å². The summed E-state index contributed by atoms with van der Waals surface area (Å²) < 4.78 is 5.25. The van der Waals surface area contributed by atoms with E-state index >= 15 is 0 Å². The summed E-state index contributed by atoms with van der Waals surface area (Å²) in [4.78, 5) is 11.0. The molecule has 1 heterocycles. The third-order valence-corrected chi connectivity index (χ3v) is 4.37. The molecule has 1 aliphatic heterocycles. The van der Waals surface area contributed by atoms with Crippen LogP contribution in [-0.2, 0) is 20.4 Å². The Hall–Kier alpha value is -0.0200. The molecule has 0 aromatic rings. The lowest BCUT2D eigenvalue weighted by Crippen LogP contribution is -2.29. The maximum absolute atomic E-state index is 11.0. The van der Waals surface area contributed by atoms with Crippen molar-refractivity contribution < 1.29 is 9.53 Å². The van der Waals surface area contributed by atoms with E-state index in [4.69, 9.17) is 4.74 Å². The van der Waals surface area contributed by atoms with Crippen molar-refractivity contribution in [2.45, 2.75) is 19.8 Å². The van der Waals surface area contributed by atoms with Gasteiger partial charge >= 0.3 is 0 Å². The van der Waals surface area contributed by atoms with Gasteiger partial charge in [-0.15, -0.1) is 0 Å².